The summed E-state index contributed by atoms with van der Waals surface area (Å²) < 4.78 is 10.6. The van der Waals surface area contributed by atoms with Gasteiger partial charge in [-0.1, -0.05) is 74.5 Å². The van der Waals surface area contributed by atoms with Crippen molar-refractivity contribution in [2.24, 2.45) is 5.92 Å². The van der Waals surface area contributed by atoms with Crippen molar-refractivity contribution in [1.29, 1.82) is 0 Å². The van der Waals surface area contributed by atoms with Crippen LogP contribution < -0.4 is 16.0 Å². The van der Waals surface area contributed by atoms with E-state index in [1.165, 1.54) is 7.05 Å². The van der Waals surface area contributed by atoms with E-state index < -0.39 is 35.8 Å². The molecule has 3 rings (SSSR count). The van der Waals surface area contributed by atoms with Crippen LogP contribution in [0.2, 0.25) is 0 Å². The van der Waals surface area contributed by atoms with Crippen molar-refractivity contribution in [2.45, 2.75) is 51.8 Å². The van der Waals surface area contributed by atoms with E-state index in [0.29, 0.717) is 12.8 Å². The van der Waals surface area contributed by atoms with Gasteiger partial charge < -0.3 is 25.1 Å². The van der Waals surface area contributed by atoms with E-state index in [2.05, 4.69) is 20.9 Å². The summed E-state index contributed by atoms with van der Waals surface area (Å²) in [5, 5.41) is 7.81. The Morgan fingerprint density at radius 1 is 0.897 bits per heavy atom. The number of rotatable bonds is 13. The summed E-state index contributed by atoms with van der Waals surface area (Å²) in [6.07, 6.45) is 1.41. The number of amides is 3. The molecule has 0 spiro atoms. The standard InChI is InChI=1S/C29H34N4O6/c1-19(2)16-23(33-29(37)39-17-21-12-8-5-9-13-21)27(36)31-22(15-14-20-10-6-4-7-11-20)25(34)28-32-24(18-38-28)26(35)30-3/h4-13,18-19,22-23H,14-17H2,1-3H3,(H,30,35)(H,31,36)(H,33,37). The van der Waals surface area contributed by atoms with Crippen LogP contribution in [0.25, 0.3) is 0 Å². The van der Waals surface area contributed by atoms with Crippen molar-refractivity contribution in [3.05, 3.63) is 89.6 Å². The largest absolute Gasteiger partial charge is 0.445 e. The monoisotopic (exact) mass is 534 g/mol. The van der Waals surface area contributed by atoms with Gasteiger partial charge in [0.2, 0.25) is 11.7 Å². The lowest BCUT2D eigenvalue weighted by Gasteiger charge is -2.23. The van der Waals surface area contributed by atoms with Crippen molar-refractivity contribution in [2.75, 3.05) is 7.05 Å². The molecule has 206 valence electrons. The second-order valence-corrected chi connectivity index (χ2v) is 9.45. The van der Waals surface area contributed by atoms with Gasteiger partial charge in [-0.3, -0.25) is 14.4 Å². The van der Waals surface area contributed by atoms with E-state index in [1.807, 2.05) is 74.5 Å². The van der Waals surface area contributed by atoms with Crippen LogP contribution in [0.4, 0.5) is 4.79 Å². The maximum absolute atomic E-state index is 13.4. The summed E-state index contributed by atoms with van der Waals surface area (Å²) in [6, 6.07) is 16.7. The highest BCUT2D eigenvalue weighted by Gasteiger charge is 2.31. The molecule has 0 aliphatic heterocycles. The number of Topliss-reactive ketones (excluding diaryl/α,β-unsaturated/α-hetero) is 1. The summed E-state index contributed by atoms with van der Waals surface area (Å²) >= 11 is 0. The number of aryl methyl sites for hydroxylation is 1. The molecule has 0 fully saturated rings. The smallest absolute Gasteiger partial charge is 0.408 e. The second-order valence-electron chi connectivity index (χ2n) is 9.45. The molecule has 10 nitrogen and oxygen atoms in total. The van der Waals surface area contributed by atoms with Crippen LogP contribution in [-0.2, 0) is 22.6 Å². The van der Waals surface area contributed by atoms with E-state index >= 15 is 0 Å². The average molecular weight is 535 g/mol. The number of ether oxygens (including phenoxy) is 1. The maximum Gasteiger partial charge on any atom is 0.408 e. The van der Waals surface area contributed by atoms with E-state index in [1.54, 1.807) is 0 Å². The molecule has 0 radical (unpaired) electrons. The van der Waals surface area contributed by atoms with Crippen molar-refractivity contribution in [3.8, 4) is 0 Å². The molecule has 0 aliphatic carbocycles. The average Bonchev–Trinajstić information content (AvgIpc) is 3.44. The Balaban J connectivity index is 1.73. The highest BCUT2D eigenvalue weighted by atomic mass is 16.5. The normalized spacial score (nSPS) is 12.3. The zero-order valence-corrected chi connectivity index (χ0v) is 22.3. The molecule has 0 aliphatic rings. The van der Waals surface area contributed by atoms with E-state index in [-0.39, 0.29) is 30.5 Å². The van der Waals surface area contributed by atoms with Gasteiger partial charge in [-0.15, -0.1) is 0 Å². The van der Waals surface area contributed by atoms with E-state index in [9.17, 15) is 19.2 Å². The fraction of sp³-hybridized carbons (Fsp3) is 0.345. The Bertz CT molecular complexity index is 1240. The molecule has 2 atom stereocenters. The molecule has 1 aromatic heterocycles. The summed E-state index contributed by atoms with van der Waals surface area (Å²) in [6.45, 7) is 3.89. The van der Waals surface area contributed by atoms with Crippen molar-refractivity contribution >= 4 is 23.7 Å². The molecule has 0 bridgehead atoms. The number of benzene rings is 2. The van der Waals surface area contributed by atoms with Crippen molar-refractivity contribution in [1.82, 2.24) is 20.9 Å². The summed E-state index contributed by atoms with van der Waals surface area (Å²) in [4.78, 5) is 55.1. The number of hydrogen-bond acceptors (Lipinski definition) is 7. The van der Waals surface area contributed by atoms with Gasteiger partial charge in [-0.05, 0) is 36.3 Å². The van der Waals surface area contributed by atoms with Gasteiger partial charge in [0.15, 0.2) is 5.69 Å². The lowest BCUT2D eigenvalue weighted by Crippen LogP contribution is -2.52. The molecule has 2 aromatic carbocycles. The molecule has 1 heterocycles. The Morgan fingerprint density at radius 2 is 1.54 bits per heavy atom. The fourth-order valence-electron chi connectivity index (χ4n) is 3.88. The first-order valence-corrected chi connectivity index (χ1v) is 12.8. The van der Waals surface area contributed by atoms with Gasteiger partial charge in [0.1, 0.15) is 18.9 Å². The third-order valence-electron chi connectivity index (χ3n) is 5.90. The Hall–Kier alpha value is -4.47. The molecular formula is C29H34N4O6. The van der Waals surface area contributed by atoms with Gasteiger partial charge >= 0.3 is 6.09 Å². The van der Waals surface area contributed by atoms with Crippen LogP contribution >= 0.6 is 0 Å². The number of hydrogen-bond donors (Lipinski definition) is 3. The molecule has 0 saturated heterocycles. The van der Waals surface area contributed by atoms with Gasteiger partial charge in [0, 0.05) is 7.05 Å². The summed E-state index contributed by atoms with van der Waals surface area (Å²) in [5.74, 6) is -1.84. The molecule has 2 unspecified atom stereocenters. The minimum absolute atomic E-state index is 0.0468. The number of nitrogens with zero attached hydrogens (tertiary/aromatic N) is 1. The van der Waals surface area contributed by atoms with Crippen LogP contribution in [0.15, 0.2) is 71.3 Å². The van der Waals surface area contributed by atoms with Gasteiger partial charge in [-0.25, -0.2) is 9.78 Å². The van der Waals surface area contributed by atoms with Crippen LogP contribution in [-0.4, -0.2) is 47.8 Å². The van der Waals surface area contributed by atoms with Crippen LogP contribution in [0.3, 0.4) is 0 Å². The predicted octanol–water partition coefficient (Wildman–Crippen LogP) is 3.68. The van der Waals surface area contributed by atoms with E-state index in [4.69, 9.17) is 9.15 Å². The van der Waals surface area contributed by atoms with Crippen LogP contribution in [0.1, 0.15) is 59.0 Å². The minimum Gasteiger partial charge on any atom is -0.445 e. The second kappa shape index (κ2) is 14.5. The first kappa shape index (κ1) is 29.1. The lowest BCUT2D eigenvalue weighted by molar-refractivity contribution is -0.124. The van der Waals surface area contributed by atoms with Gasteiger partial charge in [0.05, 0.1) is 6.04 Å². The van der Waals surface area contributed by atoms with Gasteiger partial charge in [-0.2, -0.15) is 0 Å². The molecule has 3 amide bonds. The molecule has 3 N–H and O–H groups in total. The summed E-state index contributed by atoms with van der Waals surface area (Å²) in [7, 11) is 1.44. The first-order valence-electron chi connectivity index (χ1n) is 12.8. The first-order chi connectivity index (χ1) is 18.8. The van der Waals surface area contributed by atoms with Crippen molar-refractivity contribution in [3.63, 3.8) is 0 Å². The van der Waals surface area contributed by atoms with Crippen molar-refractivity contribution < 1.29 is 28.3 Å². The predicted molar refractivity (Wildman–Crippen MR) is 144 cm³/mol. The quantitative estimate of drug-likeness (QED) is 0.284. The molecule has 3 aromatic rings. The van der Waals surface area contributed by atoms with Gasteiger partial charge in [0.25, 0.3) is 11.8 Å². The SMILES string of the molecule is CNC(=O)c1coc(C(=O)C(CCc2ccccc2)NC(=O)C(CC(C)C)NC(=O)OCc2ccccc2)n1. The molecule has 39 heavy (non-hydrogen) atoms. The third kappa shape index (κ3) is 9.10. The molecule has 10 heteroatoms. The third-order valence-corrected chi connectivity index (χ3v) is 5.90. The zero-order chi connectivity index (χ0) is 28.2. The number of nitrogens with one attached hydrogen (secondary N) is 3. The number of alkyl carbamates (subject to hydrolysis) is 1. The minimum atomic E-state index is -1.01. The zero-order valence-electron chi connectivity index (χ0n) is 22.3. The number of carbonyl (C=O) groups excluding carboxylic acids is 4. The van der Waals surface area contributed by atoms with Crippen LogP contribution in [0, 0.1) is 5.92 Å². The highest BCUT2D eigenvalue weighted by molar-refractivity contribution is 6.00. The Labute approximate surface area is 227 Å². The summed E-state index contributed by atoms with van der Waals surface area (Å²) in [5.41, 5.74) is 1.74. The fourth-order valence-corrected chi connectivity index (χ4v) is 3.88. The number of aromatic nitrogens is 1. The lowest BCUT2D eigenvalue weighted by atomic mass is 9.99. The van der Waals surface area contributed by atoms with E-state index in [0.717, 1.165) is 17.4 Å². The topological polar surface area (TPSA) is 140 Å². The number of ketones is 1. The number of oxazole rings is 1. The Morgan fingerprint density at radius 3 is 2.15 bits per heavy atom. The molecule has 0 saturated carbocycles. The molecular weight excluding hydrogens is 500 g/mol. The Kier molecular flexibility index (Phi) is 10.8. The highest BCUT2D eigenvalue weighted by Crippen LogP contribution is 2.13. The van der Waals surface area contributed by atoms with Crippen LogP contribution in [0.5, 0.6) is 0 Å². The maximum atomic E-state index is 13.4. The number of carbonyl (C=O) groups is 4.